The molecular weight excluding hydrogens is 229 g/mol. The number of benzene rings is 1. The first-order valence-corrected chi connectivity index (χ1v) is 5.81. The number of halogens is 2. The van der Waals surface area contributed by atoms with Crippen LogP contribution in [0.15, 0.2) is 18.2 Å². The summed E-state index contributed by atoms with van der Waals surface area (Å²) in [6.45, 7) is 2.42. The van der Waals surface area contributed by atoms with E-state index in [1.165, 1.54) is 18.2 Å². The first-order chi connectivity index (χ1) is 7.60. The van der Waals surface area contributed by atoms with Crippen molar-refractivity contribution in [2.75, 3.05) is 6.54 Å². The van der Waals surface area contributed by atoms with Gasteiger partial charge >= 0.3 is 0 Å². The maximum atomic E-state index is 12.9. The molecule has 0 fully saturated rings. The zero-order chi connectivity index (χ0) is 12.1. The van der Waals surface area contributed by atoms with Crippen LogP contribution in [-0.4, -0.2) is 11.7 Å². The normalized spacial score (nSPS) is 14.8. The summed E-state index contributed by atoms with van der Waals surface area (Å²) in [6, 6.07) is 4.02. The van der Waals surface area contributed by atoms with E-state index < -0.39 is 11.9 Å². The third-order valence-corrected chi connectivity index (χ3v) is 3.02. The van der Waals surface area contributed by atoms with Crippen molar-refractivity contribution in [3.63, 3.8) is 0 Å². The summed E-state index contributed by atoms with van der Waals surface area (Å²) in [5.74, 6) is -0.436. The molecule has 0 aliphatic rings. The smallest absolute Gasteiger partial charge is 0.124 e. The number of hydrogen-bond donors (Lipinski definition) is 2. The van der Waals surface area contributed by atoms with Crippen molar-refractivity contribution in [3.8, 4) is 0 Å². The minimum atomic E-state index is -0.724. The van der Waals surface area contributed by atoms with Crippen LogP contribution in [0.4, 0.5) is 4.39 Å². The summed E-state index contributed by atoms with van der Waals surface area (Å²) in [4.78, 5) is 0. The van der Waals surface area contributed by atoms with Crippen LogP contribution in [0.3, 0.4) is 0 Å². The SMILES string of the molecule is CCCC(CN)C(O)c1ccc(F)cc1Cl. The highest BCUT2D eigenvalue weighted by Crippen LogP contribution is 2.30. The van der Waals surface area contributed by atoms with Crippen molar-refractivity contribution in [2.24, 2.45) is 11.7 Å². The highest BCUT2D eigenvalue weighted by molar-refractivity contribution is 6.31. The van der Waals surface area contributed by atoms with Crippen LogP contribution < -0.4 is 5.73 Å². The maximum absolute atomic E-state index is 12.9. The second-order valence-corrected chi connectivity index (χ2v) is 4.30. The minimum Gasteiger partial charge on any atom is -0.388 e. The second kappa shape index (κ2) is 6.18. The van der Waals surface area contributed by atoms with Gasteiger partial charge in [0.1, 0.15) is 5.82 Å². The third kappa shape index (κ3) is 3.17. The first-order valence-electron chi connectivity index (χ1n) is 5.43. The Hall–Kier alpha value is -0.640. The van der Waals surface area contributed by atoms with Crippen LogP contribution in [-0.2, 0) is 0 Å². The molecule has 2 nitrogen and oxygen atoms in total. The summed E-state index contributed by atoms with van der Waals surface area (Å²) in [6.07, 6.45) is 1.04. The Balaban J connectivity index is 2.89. The molecule has 0 aliphatic carbocycles. The van der Waals surface area contributed by atoms with E-state index in [1.807, 2.05) is 6.92 Å². The molecule has 0 aromatic heterocycles. The Bertz CT molecular complexity index is 346. The largest absolute Gasteiger partial charge is 0.388 e. The topological polar surface area (TPSA) is 46.2 Å². The molecule has 0 bridgehead atoms. The molecule has 4 heteroatoms. The van der Waals surface area contributed by atoms with E-state index in [0.717, 1.165) is 12.8 Å². The number of aliphatic hydroxyl groups is 1. The van der Waals surface area contributed by atoms with Gasteiger partial charge in [-0.1, -0.05) is 31.0 Å². The zero-order valence-corrected chi connectivity index (χ0v) is 10.0. The molecule has 2 atom stereocenters. The van der Waals surface area contributed by atoms with Crippen molar-refractivity contribution < 1.29 is 9.50 Å². The Morgan fingerprint density at radius 1 is 1.50 bits per heavy atom. The van der Waals surface area contributed by atoms with Gasteiger partial charge in [-0.25, -0.2) is 4.39 Å². The van der Waals surface area contributed by atoms with Crippen molar-refractivity contribution >= 4 is 11.6 Å². The van der Waals surface area contributed by atoms with Crippen LogP contribution in [0.1, 0.15) is 31.4 Å². The lowest BCUT2D eigenvalue weighted by molar-refractivity contribution is 0.107. The van der Waals surface area contributed by atoms with Crippen LogP contribution in [0.25, 0.3) is 0 Å². The van der Waals surface area contributed by atoms with Gasteiger partial charge < -0.3 is 10.8 Å². The molecule has 0 saturated heterocycles. The molecule has 0 spiro atoms. The quantitative estimate of drug-likeness (QED) is 0.838. The predicted octanol–water partition coefficient (Wildman–Crippen LogP) is 2.89. The van der Waals surface area contributed by atoms with E-state index in [9.17, 15) is 9.50 Å². The lowest BCUT2D eigenvalue weighted by atomic mass is 9.92. The number of nitrogens with two attached hydrogens (primary N) is 1. The molecule has 0 radical (unpaired) electrons. The van der Waals surface area contributed by atoms with Gasteiger partial charge in [-0.3, -0.25) is 0 Å². The minimum absolute atomic E-state index is 0.0343. The molecule has 0 heterocycles. The Kier molecular flexibility index (Phi) is 5.19. The predicted molar refractivity (Wildman–Crippen MR) is 63.8 cm³/mol. The Morgan fingerprint density at radius 3 is 2.69 bits per heavy atom. The lowest BCUT2D eigenvalue weighted by Crippen LogP contribution is -2.22. The standard InChI is InChI=1S/C12H17ClFNO/c1-2-3-8(7-15)12(16)10-5-4-9(14)6-11(10)13/h4-6,8,12,16H,2-3,7,15H2,1H3. The van der Waals surface area contributed by atoms with Crippen molar-refractivity contribution in [1.29, 1.82) is 0 Å². The fraction of sp³-hybridized carbons (Fsp3) is 0.500. The second-order valence-electron chi connectivity index (χ2n) is 3.90. The van der Waals surface area contributed by atoms with Gasteiger partial charge in [0.15, 0.2) is 0 Å². The van der Waals surface area contributed by atoms with E-state index in [-0.39, 0.29) is 10.9 Å². The Labute approximate surface area is 100 Å². The van der Waals surface area contributed by atoms with Crippen molar-refractivity contribution in [1.82, 2.24) is 0 Å². The van der Waals surface area contributed by atoms with Gasteiger partial charge in [0, 0.05) is 10.9 Å². The molecule has 1 aromatic rings. The van der Waals surface area contributed by atoms with Crippen LogP contribution in [0, 0.1) is 11.7 Å². The van der Waals surface area contributed by atoms with Crippen molar-refractivity contribution in [2.45, 2.75) is 25.9 Å². The average Bonchev–Trinajstić information content (AvgIpc) is 2.25. The molecule has 3 N–H and O–H groups in total. The zero-order valence-electron chi connectivity index (χ0n) is 9.29. The number of rotatable bonds is 5. The monoisotopic (exact) mass is 245 g/mol. The summed E-state index contributed by atoms with van der Waals surface area (Å²) >= 11 is 5.88. The van der Waals surface area contributed by atoms with E-state index in [4.69, 9.17) is 17.3 Å². The van der Waals surface area contributed by atoms with Gasteiger partial charge in [0.2, 0.25) is 0 Å². The summed E-state index contributed by atoms with van der Waals surface area (Å²) in [5, 5.41) is 10.3. The fourth-order valence-corrected chi connectivity index (χ4v) is 2.05. The highest BCUT2D eigenvalue weighted by atomic mass is 35.5. The lowest BCUT2D eigenvalue weighted by Gasteiger charge is -2.22. The fourth-order valence-electron chi connectivity index (χ4n) is 1.77. The molecule has 1 rings (SSSR count). The molecule has 0 saturated carbocycles. The van der Waals surface area contributed by atoms with Crippen LogP contribution in [0.5, 0.6) is 0 Å². The molecule has 1 aromatic carbocycles. The van der Waals surface area contributed by atoms with Crippen LogP contribution in [0.2, 0.25) is 5.02 Å². The Morgan fingerprint density at radius 2 is 2.19 bits per heavy atom. The van der Waals surface area contributed by atoms with Crippen molar-refractivity contribution in [3.05, 3.63) is 34.6 Å². The average molecular weight is 246 g/mol. The molecule has 16 heavy (non-hydrogen) atoms. The van der Waals surface area contributed by atoms with E-state index in [0.29, 0.717) is 12.1 Å². The summed E-state index contributed by atoms with van der Waals surface area (Å²) in [5.41, 5.74) is 6.15. The molecule has 90 valence electrons. The van der Waals surface area contributed by atoms with E-state index in [2.05, 4.69) is 0 Å². The van der Waals surface area contributed by atoms with Gasteiger partial charge in [0.25, 0.3) is 0 Å². The van der Waals surface area contributed by atoms with E-state index in [1.54, 1.807) is 0 Å². The summed E-state index contributed by atoms with van der Waals surface area (Å²) in [7, 11) is 0. The van der Waals surface area contributed by atoms with Gasteiger partial charge in [0.05, 0.1) is 6.10 Å². The molecular formula is C12H17ClFNO. The number of hydrogen-bond acceptors (Lipinski definition) is 2. The third-order valence-electron chi connectivity index (χ3n) is 2.69. The highest BCUT2D eigenvalue weighted by Gasteiger charge is 2.21. The van der Waals surface area contributed by atoms with Gasteiger partial charge in [-0.05, 0) is 30.7 Å². The van der Waals surface area contributed by atoms with Crippen LogP contribution >= 0.6 is 11.6 Å². The maximum Gasteiger partial charge on any atom is 0.124 e. The molecule has 0 aliphatic heterocycles. The van der Waals surface area contributed by atoms with Gasteiger partial charge in [-0.2, -0.15) is 0 Å². The first kappa shape index (κ1) is 13.4. The summed E-state index contributed by atoms with van der Waals surface area (Å²) < 4.78 is 12.9. The number of aliphatic hydroxyl groups excluding tert-OH is 1. The molecule has 0 amide bonds. The van der Waals surface area contributed by atoms with Gasteiger partial charge in [-0.15, -0.1) is 0 Å². The molecule has 2 unspecified atom stereocenters. The van der Waals surface area contributed by atoms with E-state index >= 15 is 0 Å².